The van der Waals surface area contributed by atoms with Gasteiger partial charge in [0, 0.05) is 25.1 Å². The Balaban J connectivity index is 1.45. The molecule has 0 unspecified atom stereocenters. The van der Waals surface area contributed by atoms with Crippen LogP contribution in [0.15, 0.2) is 42.5 Å². The van der Waals surface area contributed by atoms with Crippen molar-refractivity contribution in [2.75, 3.05) is 33.1 Å². The number of amides is 1. The number of unbranched alkanes of at least 4 members (excludes halogenated alkanes) is 1. The molecule has 2 atom stereocenters. The Kier molecular flexibility index (Phi) is 6.79. The molecule has 0 bridgehead atoms. The standard InChI is InChI=1S/C24H28FNO5/c1-2-3-12-28-24(27)26-11-10-21(17-4-6-19(25)7-5-17)18(14-26)15-29-20-8-9-22-23(13-20)31-16-30-22/h4-9,13,18,21H,2-3,10-12,14-16H2,1H3/t18-,21-/m0/s1. The van der Waals surface area contributed by atoms with E-state index in [-0.39, 0.29) is 30.5 Å². The van der Waals surface area contributed by atoms with Crippen LogP contribution in [0.2, 0.25) is 0 Å². The van der Waals surface area contributed by atoms with Crippen LogP contribution in [-0.4, -0.2) is 44.1 Å². The molecule has 166 valence electrons. The van der Waals surface area contributed by atoms with Crippen LogP contribution in [0.3, 0.4) is 0 Å². The van der Waals surface area contributed by atoms with Crippen LogP contribution in [0.5, 0.6) is 17.2 Å². The van der Waals surface area contributed by atoms with Crippen molar-refractivity contribution < 1.29 is 28.1 Å². The summed E-state index contributed by atoms with van der Waals surface area (Å²) >= 11 is 0. The lowest BCUT2D eigenvalue weighted by atomic mass is 9.81. The van der Waals surface area contributed by atoms with E-state index in [1.54, 1.807) is 4.90 Å². The number of ether oxygens (including phenoxy) is 4. The van der Waals surface area contributed by atoms with Gasteiger partial charge in [-0.15, -0.1) is 0 Å². The SMILES string of the molecule is CCCCOC(=O)N1CC[C@@H](c2ccc(F)cc2)[C@H](COc2ccc3c(c2)OCO3)C1. The van der Waals surface area contributed by atoms with Crippen LogP contribution in [0, 0.1) is 11.7 Å². The zero-order valence-electron chi connectivity index (χ0n) is 17.7. The molecule has 2 aliphatic heterocycles. The van der Waals surface area contributed by atoms with Gasteiger partial charge in [0.05, 0.1) is 13.2 Å². The molecule has 4 rings (SSSR count). The second-order valence-corrected chi connectivity index (χ2v) is 7.95. The monoisotopic (exact) mass is 429 g/mol. The predicted molar refractivity (Wildman–Crippen MR) is 113 cm³/mol. The van der Waals surface area contributed by atoms with Gasteiger partial charge in [0.1, 0.15) is 11.6 Å². The van der Waals surface area contributed by atoms with Crippen LogP contribution in [0.25, 0.3) is 0 Å². The van der Waals surface area contributed by atoms with Gasteiger partial charge >= 0.3 is 6.09 Å². The van der Waals surface area contributed by atoms with Crippen molar-refractivity contribution >= 4 is 6.09 Å². The number of carbonyl (C=O) groups excluding carboxylic acids is 1. The third-order valence-corrected chi connectivity index (χ3v) is 5.82. The summed E-state index contributed by atoms with van der Waals surface area (Å²) in [4.78, 5) is 14.2. The summed E-state index contributed by atoms with van der Waals surface area (Å²) in [5, 5.41) is 0. The van der Waals surface area contributed by atoms with E-state index in [1.807, 2.05) is 30.3 Å². The maximum absolute atomic E-state index is 13.4. The van der Waals surface area contributed by atoms with Gasteiger partial charge in [-0.1, -0.05) is 25.5 Å². The third kappa shape index (κ3) is 5.21. The molecule has 2 aromatic rings. The third-order valence-electron chi connectivity index (χ3n) is 5.82. The number of piperidine rings is 1. The van der Waals surface area contributed by atoms with Crippen molar-refractivity contribution in [3.63, 3.8) is 0 Å². The van der Waals surface area contributed by atoms with Crippen molar-refractivity contribution in [2.24, 2.45) is 5.92 Å². The molecule has 0 saturated carbocycles. The summed E-state index contributed by atoms with van der Waals surface area (Å²) in [6.07, 6.45) is 2.32. The van der Waals surface area contributed by atoms with Crippen molar-refractivity contribution in [2.45, 2.75) is 32.1 Å². The number of likely N-dealkylation sites (tertiary alicyclic amines) is 1. The first-order chi connectivity index (χ1) is 15.1. The van der Waals surface area contributed by atoms with Crippen LogP contribution in [0.1, 0.15) is 37.7 Å². The number of fused-ring (bicyclic) bond motifs is 1. The van der Waals surface area contributed by atoms with Crippen LogP contribution < -0.4 is 14.2 Å². The number of rotatable bonds is 7. The Labute approximate surface area is 181 Å². The molecular weight excluding hydrogens is 401 g/mol. The highest BCUT2D eigenvalue weighted by atomic mass is 19.1. The molecule has 7 heteroatoms. The average molecular weight is 429 g/mol. The summed E-state index contributed by atoms with van der Waals surface area (Å²) in [7, 11) is 0. The summed E-state index contributed by atoms with van der Waals surface area (Å²) < 4.78 is 35.7. The van der Waals surface area contributed by atoms with E-state index in [2.05, 4.69) is 6.92 Å². The van der Waals surface area contributed by atoms with Crippen molar-refractivity contribution in [3.8, 4) is 17.2 Å². The normalized spacial score (nSPS) is 19.9. The number of hydrogen-bond donors (Lipinski definition) is 0. The van der Waals surface area contributed by atoms with E-state index in [0.29, 0.717) is 43.6 Å². The van der Waals surface area contributed by atoms with Gasteiger partial charge < -0.3 is 23.8 Å². The fourth-order valence-electron chi connectivity index (χ4n) is 4.08. The van der Waals surface area contributed by atoms with Gasteiger partial charge in [0.25, 0.3) is 0 Å². The molecule has 2 aromatic carbocycles. The highest BCUT2D eigenvalue weighted by Gasteiger charge is 2.33. The zero-order chi connectivity index (χ0) is 21.6. The Morgan fingerprint density at radius 2 is 1.97 bits per heavy atom. The number of benzene rings is 2. The lowest BCUT2D eigenvalue weighted by molar-refractivity contribution is 0.0677. The highest BCUT2D eigenvalue weighted by molar-refractivity contribution is 5.67. The molecule has 2 heterocycles. The minimum absolute atomic E-state index is 0.0448. The van der Waals surface area contributed by atoms with Gasteiger partial charge in [0.2, 0.25) is 6.79 Å². The van der Waals surface area contributed by atoms with Crippen LogP contribution in [0.4, 0.5) is 9.18 Å². The largest absolute Gasteiger partial charge is 0.493 e. The molecule has 0 spiro atoms. The molecule has 0 radical (unpaired) electrons. The minimum atomic E-state index is -0.279. The van der Waals surface area contributed by atoms with Gasteiger partial charge in [-0.25, -0.2) is 9.18 Å². The fraction of sp³-hybridized carbons (Fsp3) is 0.458. The molecule has 1 fully saturated rings. The molecule has 0 aliphatic carbocycles. The predicted octanol–water partition coefficient (Wildman–Crippen LogP) is 4.98. The lowest BCUT2D eigenvalue weighted by Gasteiger charge is -2.38. The van der Waals surface area contributed by atoms with Gasteiger partial charge in [-0.3, -0.25) is 0 Å². The summed E-state index contributed by atoms with van der Waals surface area (Å²) in [6, 6.07) is 12.1. The first-order valence-electron chi connectivity index (χ1n) is 10.8. The Morgan fingerprint density at radius 3 is 2.77 bits per heavy atom. The minimum Gasteiger partial charge on any atom is -0.493 e. The van der Waals surface area contributed by atoms with E-state index >= 15 is 0 Å². The first-order valence-corrected chi connectivity index (χ1v) is 10.8. The van der Waals surface area contributed by atoms with E-state index in [9.17, 15) is 9.18 Å². The van der Waals surface area contributed by atoms with E-state index in [1.165, 1.54) is 12.1 Å². The van der Waals surface area contributed by atoms with Crippen molar-refractivity contribution in [1.82, 2.24) is 4.90 Å². The quantitative estimate of drug-likeness (QED) is 0.582. The molecule has 1 amide bonds. The Morgan fingerprint density at radius 1 is 1.16 bits per heavy atom. The Bertz CT molecular complexity index is 888. The summed E-state index contributed by atoms with van der Waals surface area (Å²) in [6.45, 7) is 4.26. The Hall–Kier alpha value is -2.96. The van der Waals surface area contributed by atoms with Crippen molar-refractivity contribution in [3.05, 3.63) is 53.8 Å². The molecule has 2 aliphatic rings. The number of carbonyl (C=O) groups is 1. The molecule has 31 heavy (non-hydrogen) atoms. The molecule has 1 saturated heterocycles. The smallest absolute Gasteiger partial charge is 0.409 e. The van der Waals surface area contributed by atoms with Gasteiger partial charge in [-0.05, 0) is 48.6 Å². The van der Waals surface area contributed by atoms with E-state index in [0.717, 1.165) is 24.8 Å². The number of halogens is 1. The first kappa shape index (κ1) is 21.3. The summed E-state index contributed by atoms with van der Waals surface area (Å²) in [5.41, 5.74) is 1.06. The van der Waals surface area contributed by atoms with Gasteiger partial charge in [-0.2, -0.15) is 0 Å². The maximum Gasteiger partial charge on any atom is 0.409 e. The van der Waals surface area contributed by atoms with Gasteiger partial charge in [0.15, 0.2) is 11.5 Å². The highest BCUT2D eigenvalue weighted by Crippen LogP contribution is 2.37. The van der Waals surface area contributed by atoms with Crippen LogP contribution >= 0.6 is 0 Å². The van der Waals surface area contributed by atoms with Crippen molar-refractivity contribution in [1.29, 1.82) is 0 Å². The zero-order valence-corrected chi connectivity index (χ0v) is 17.7. The second-order valence-electron chi connectivity index (χ2n) is 7.95. The van der Waals surface area contributed by atoms with E-state index < -0.39 is 0 Å². The topological polar surface area (TPSA) is 57.2 Å². The molecule has 6 nitrogen and oxygen atoms in total. The average Bonchev–Trinajstić information content (AvgIpc) is 3.26. The fourth-order valence-corrected chi connectivity index (χ4v) is 4.08. The molecule has 0 aromatic heterocycles. The molecule has 0 N–H and O–H groups in total. The number of nitrogens with zero attached hydrogens (tertiary/aromatic N) is 1. The van der Waals surface area contributed by atoms with Crippen LogP contribution in [-0.2, 0) is 4.74 Å². The second kappa shape index (κ2) is 9.90. The maximum atomic E-state index is 13.4. The number of hydrogen-bond acceptors (Lipinski definition) is 5. The molecular formula is C24H28FNO5. The van der Waals surface area contributed by atoms with E-state index in [4.69, 9.17) is 18.9 Å². The lowest BCUT2D eigenvalue weighted by Crippen LogP contribution is -2.45. The summed E-state index contributed by atoms with van der Waals surface area (Å²) in [5.74, 6) is 2.00.